The molecule has 1 fully saturated rings. The molecule has 0 heterocycles. The van der Waals surface area contributed by atoms with Crippen molar-refractivity contribution in [2.45, 2.75) is 44.6 Å². The summed E-state index contributed by atoms with van der Waals surface area (Å²) in [4.78, 5) is 0. The van der Waals surface area contributed by atoms with E-state index in [9.17, 15) is 0 Å². The molecule has 1 aromatic rings. The summed E-state index contributed by atoms with van der Waals surface area (Å²) in [6, 6.07) is 9.23. The molecule has 2 rings (SSSR count). The smallest absolute Gasteiger partial charge is 0.119 e. The maximum absolute atomic E-state index is 5.30. The molecule has 1 N–H and O–H groups in total. The van der Waals surface area contributed by atoms with E-state index in [0.29, 0.717) is 6.04 Å². The van der Waals surface area contributed by atoms with Crippen LogP contribution in [0.1, 0.15) is 37.7 Å². The maximum Gasteiger partial charge on any atom is 0.119 e. The highest BCUT2D eigenvalue weighted by molar-refractivity contribution is 5.28. The fourth-order valence-electron chi connectivity index (χ4n) is 3.04. The highest BCUT2D eigenvalue weighted by Crippen LogP contribution is 2.27. The molecule has 2 unspecified atom stereocenters. The van der Waals surface area contributed by atoms with E-state index in [1.165, 1.54) is 44.1 Å². The van der Waals surface area contributed by atoms with Crippen LogP contribution in [0.2, 0.25) is 0 Å². The van der Waals surface area contributed by atoms with E-state index in [2.05, 4.69) is 30.6 Å². The van der Waals surface area contributed by atoms with E-state index < -0.39 is 0 Å². The summed E-state index contributed by atoms with van der Waals surface area (Å²) in [5, 5.41) is 3.46. The van der Waals surface area contributed by atoms with Crippen molar-refractivity contribution < 1.29 is 4.74 Å². The lowest BCUT2D eigenvalue weighted by Gasteiger charge is -2.19. The second-order valence-corrected chi connectivity index (χ2v) is 5.43. The largest absolute Gasteiger partial charge is 0.497 e. The molecule has 0 saturated heterocycles. The van der Waals surface area contributed by atoms with Crippen molar-refractivity contribution in [3.63, 3.8) is 0 Å². The molecule has 1 saturated carbocycles. The second kappa shape index (κ2) is 6.79. The Labute approximate surface area is 111 Å². The first-order valence-corrected chi connectivity index (χ1v) is 7.12. The molecular formula is C16H25NO. The lowest BCUT2D eigenvalue weighted by Crippen LogP contribution is -2.26. The number of ether oxygens (including phenoxy) is 1. The number of nitrogens with one attached hydrogen (secondary N) is 1. The van der Waals surface area contributed by atoms with Crippen molar-refractivity contribution in [1.82, 2.24) is 5.32 Å². The zero-order valence-electron chi connectivity index (χ0n) is 11.6. The van der Waals surface area contributed by atoms with E-state index in [1.54, 1.807) is 7.11 Å². The quantitative estimate of drug-likeness (QED) is 0.823. The average Bonchev–Trinajstić information content (AvgIpc) is 2.64. The average molecular weight is 247 g/mol. The molecule has 18 heavy (non-hydrogen) atoms. The van der Waals surface area contributed by atoms with Gasteiger partial charge in [-0.3, -0.25) is 0 Å². The first-order chi connectivity index (χ1) is 8.81. The SMILES string of the molecule is CNC1CCCCC(Cc2cccc(OC)c2)C1. The number of benzene rings is 1. The molecule has 1 aliphatic rings. The first-order valence-electron chi connectivity index (χ1n) is 7.12. The van der Waals surface area contributed by atoms with E-state index in [-0.39, 0.29) is 0 Å². The summed E-state index contributed by atoms with van der Waals surface area (Å²) < 4.78 is 5.30. The van der Waals surface area contributed by atoms with Crippen LogP contribution in [0.5, 0.6) is 5.75 Å². The molecule has 1 aliphatic carbocycles. The number of hydrogen-bond donors (Lipinski definition) is 1. The van der Waals surface area contributed by atoms with Gasteiger partial charge in [0.2, 0.25) is 0 Å². The van der Waals surface area contributed by atoms with E-state index in [4.69, 9.17) is 4.74 Å². The Morgan fingerprint density at radius 1 is 1.28 bits per heavy atom. The van der Waals surface area contributed by atoms with Crippen LogP contribution >= 0.6 is 0 Å². The fourth-order valence-corrected chi connectivity index (χ4v) is 3.04. The molecule has 0 aliphatic heterocycles. The molecule has 2 atom stereocenters. The van der Waals surface area contributed by atoms with Gasteiger partial charge in [-0.15, -0.1) is 0 Å². The third-order valence-corrected chi connectivity index (χ3v) is 4.10. The van der Waals surface area contributed by atoms with Gasteiger partial charge in [0, 0.05) is 6.04 Å². The van der Waals surface area contributed by atoms with E-state index in [0.717, 1.165) is 11.7 Å². The van der Waals surface area contributed by atoms with Crippen molar-refractivity contribution in [2.75, 3.05) is 14.2 Å². The lowest BCUT2D eigenvalue weighted by molar-refractivity contribution is 0.397. The highest BCUT2D eigenvalue weighted by Gasteiger charge is 2.19. The third kappa shape index (κ3) is 3.74. The molecule has 0 amide bonds. The van der Waals surface area contributed by atoms with Gasteiger partial charge in [-0.05, 0) is 49.9 Å². The normalized spacial score (nSPS) is 24.6. The van der Waals surface area contributed by atoms with Gasteiger partial charge in [0.15, 0.2) is 0 Å². The molecular weight excluding hydrogens is 222 g/mol. The Bertz CT molecular complexity index is 364. The van der Waals surface area contributed by atoms with E-state index >= 15 is 0 Å². The third-order valence-electron chi connectivity index (χ3n) is 4.10. The monoisotopic (exact) mass is 247 g/mol. The topological polar surface area (TPSA) is 21.3 Å². The van der Waals surface area contributed by atoms with Crippen LogP contribution in [-0.4, -0.2) is 20.2 Å². The van der Waals surface area contributed by atoms with Crippen LogP contribution in [0, 0.1) is 5.92 Å². The Morgan fingerprint density at radius 2 is 2.11 bits per heavy atom. The predicted octanol–water partition coefficient (Wildman–Crippen LogP) is 3.41. The van der Waals surface area contributed by atoms with Crippen LogP contribution in [0.25, 0.3) is 0 Å². The van der Waals surface area contributed by atoms with Gasteiger partial charge in [0.1, 0.15) is 5.75 Å². The molecule has 0 aromatic heterocycles. The van der Waals surface area contributed by atoms with Gasteiger partial charge in [0.25, 0.3) is 0 Å². The molecule has 0 spiro atoms. The summed E-state index contributed by atoms with van der Waals surface area (Å²) in [6.45, 7) is 0. The minimum atomic E-state index is 0.711. The Hall–Kier alpha value is -1.02. The molecule has 0 radical (unpaired) electrons. The molecule has 1 aromatic carbocycles. The van der Waals surface area contributed by atoms with Crippen molar-refractivity contribution >= 4 is 0 Å². The standard InChI is InChI=1S/C16H25NO/c1-17-15-8-4-3-6-13(11-15)10-14-7-5-9-16(12-14)18-2/h5,7,9,12-13,15,17H,3-4,6,8,10-11H2,1-2H3. The Balaban J connectivity index is 1.98. The summed E-state index contributed by atoms with van der Waals surface area (Å²) in [5.41, 5.74) is 1.41. The summed E-state index contributed by atoms with van der Waals surface area (Å²) >= 11 is 0. The lowest BCUT2D eigenvalue weighted by atomic mass is 9.91. The summed E-state index contributed by atoms with van der Waals surface area (Å²) in [6.07, 6.45) is 7.97. The molecule has 2 heteroatoms. The predicted molar refractivity (Wildman–Crippen MR) is 76.1 cm³/mol. The zero-order chi connectivity index (χ0) is 12.8. The zero-order valence-corrected chi connectivity index (χ0v) is 11.6. The van der Waals surface area contributed by atoms with Crippen molar-refractivity contribution in [1.29, 1.82) is 0 Å². The first kappa shape index (κ1) is 13.4. The summed E-state index contributed by atoms with van der Waals surface area (Å²) in [7, 11) is 3.83. The number of hydrogen-bond acceptors (Lipinski definition) is 2. The van der Waals surface area contributed by atoms with Gasteiger partial charge < -0.3 is 10.1 Å². The molecule has 0 bridgehead atoms. The van der Waals surface area contributed by atoms with Gasteiger partial charge in [0.05, 0.1) is 7.11 Å². The Kier molecular flexibility index (Phi) is 5.06. The second-order valence-electron chi connectivity index (χ2n) is 5.43. The maximum atomic E-state index is 5.30. The summed E-state index contributed by atoms with van der Waals surface area (Å²) in [5.74, 6) is 1.79. The van der Waals surface area contributed by atoms with Crippen LogP contribution < -0.4 is 10.1 Å². The van der Waals surface area contributed by atoms with Gasteiger partial charge >= 0.3 is 0 Å². The molecule has 100 valence electrons. The van der Waals surface area contributed by atoms with Gasteiger partial charge in [-0.25, -0.2) is 0 Å². The van der Waals surface area contributed by atoms with Crippen LogP contribution in [0.3, 0.4) is 0 Å². The van der Waals surface area contributed by atoms with Crippen molar-refractivity contribution in [2.24, 2.45) is 5.92 Å². The minimum Gasteiger partial charge on any atom is -0.497 e. The van der Waals surface area contributed by atoms with Crippen molar-refractivity contribution in [3.05, 3.63) is 29.8 Å². The van der Waals surface area contributed by atoms with E-state index in [1.807, 2.05) is 6.07 Å². The Morgan fingerprint density at radius 3 is 2.89 bits per heavy atom. The van der Waals surface area contributed by atoms with Gasteiger partial charge in [-0.2, -0.15) is 0 Å². The van der Waals surface area contributed by atoms with Crippen molar-refractivity contribution in [3.8, 4) is 5.75 Å². The highest BCUT2D eigenvalue weighted by atomic mass is 16.5. The van der Waals surface area contributed by atoms with Crippen LogP contribution in [0.4, 0.5) is 0 Å². The minimum absolute atomic E-state index is 0.711. The fraction of sp³-hybridized carbons (Fsp3) is 0.625. The number of rotatable bonds is 4. The molecule has 2 nitrogen and oxygen atoms in total. The van der Waals surface area contributed by atoms with Crippen LogP contribution in [0.15, 0.2) is 24.3 Å². The number of methoxy groups -OCH3 is 1. The van der Waals surface area contributed by atoms with Gasteiger partial charge in [-0.1, -0.05) is 31.4 Å². The van der Waals surface area contributed by atoms with Crippen LogP contribution in [-0.2, 0) is 6.42 Å².